The van der Waals surface area contributed by atoms with Gasteiger partial charge in [-0.3, -0.25) is 0 Å². The van der Waals surface area contributed by atoms with Crippen LogP contribution in [0.1, 0.15) is 71.1 Å². The summed E-state index contributed by atoms with van der Waals surface area (Å²) in [6, 6.07) is 0. The van der Waals surface area contributed by atoms with Crippen molar-refractivity contribution in [3.05, 3.63) is 12.3 Å². The van der Waals surface area contributed by atoms with E-state index in [1.165, 1.54) is 70.3 Å². The maximum Gasteiger partial charge on any atom is 0.333 e. The molecule has 0 spiro atoms. The molecule has 0 aromatic rings. The second kappa shape index (κ2) is 10.9. The number of nitrogens with zero attached hydrogens (tertiary/aromatic N) is 1. The third-order valence-electron chi connectivity index (χ3n) is 3.59. The van der Waals surface area contributed by atoms with Crippen molar-refractivity contribution in [3.63, 3.8) is 0 Å². The van der Waals surface area contributed by atoms with Gasteiger partial charge in [0.15, 0.2) is 6.73 Å². The van der Waals surface area contributed by atoms with Crippen LogP contribution in [0.2, 0.25) is 0 Å². The van der Waals surface area contributed by atoms with Crippen LogP contribution in [0.15, 0.2) is 12.3 Å². The average Bonchev–Trinajstić information content (AvgIpc) is 2.43. The average molecular weight is 267 g/mol. The van der Waals surface area contributed by atoms with Gasteiger partial charge in [-0.25, -0.2) is 4.79 Å². The van der Waals surface area contributed by atoms with E-state index in [9.17, 15) is 4.79 Å². The minimum atomic E-state index is -0.223. The van der Waals surface area contributed by atoms with E-state index in [0.717, 1.165) is 6.54 Å². The molecule has 0 saturated carbocycles. The van der Waals surface area contributed by atoms with Gasteiger partial charge in [-0.1, -0.05) is 64.7 Å². The fourth-order valence-corrected chi connectivity index (χ4v) is 2.35. The minimum Gasteiger partial charge on any atom is -0.441 e. The summed E-state index contributed by atoms with van der Waals surface area (Å²) in [5.41, 5.74) is 0. The van der Waals surface area contributed by atoms with Crippen molar-refractivity contribution < 1.29 is 9.53 Å². The summed E-state index contributed by atoms with van der Waals surface area (Å²) in [6.45, 7) is 3.69. The predicted molar refractivity (Wildman–Crippen MR) is 78.6 cm³/mol. The molecular formula is C16H29NO2. The van der Waals surface area contributed by atoms with E-state index in [2.05, 4.69) is 11.8 Å². The summed E-state index contributed by atoms with van der Waals surface area (Å²) in [6.07, 6.45) is 16.9. The second-order valence-electron chi connectivity index (χ2n) is 5.40. The molecule has 19 heavy (non-hydrogen) atoms. The lowest BCUT2D eigenvalue weighted by Crippen LogP contribution is -2.27. The molecule has 110 valence electrons. The van der Waals surface area contributed by atoms with Crippen LogP contribution in [-0.2, 0) is 9.53 Å². The molecule has 3 nitrogen and oxygen atoms in total. The van der Waals surface area contributed by atoms with Crippen LogP contribution < -0.4 is 0 Å². The van der Waals surface area contributed by atoms with Gasteiger partial charge in [-0.05, 0) is 6.42 Å². The Bertz CT molecular complexity index is 263. The number of ether oxygens (including phenoxy) is 1. The summed E-state index contributed by atoms with van der Waals surface area (Å²) >= 11 is 0. The molecular weight excluding hydrogens is 238 g/mol. The summed E-state index contributed by atoms with van der Waals surface area (Å²) in [7, 11) is 0. The third kappa shape index (κ3) is 8.68. The first-order chi connectivity index (χ1) is 9.33. The minimum absolute atomic E-state index is 0.223. The van der Waals surface area contributed by atoms with E-state index in [1.54, 1.807) is 0 Å². The summed E-state index contributed by atoms with van der Waals surface area (Å²) in [4.78, 5) is 12.9. The van der Waals surface area contributed by atoms with Gasteiger partial charge in [-0.15, -0.1) is 0 Å². The molecule has 0 saturated heterocycles. The molecule has 0 aliphatic carbocycles. The summed E-state index contributed by atoms with van der Waals surface area (Å²) in [5, 5.41) is 0. The highest BCUT2D eigenvalue weighted by Crippen LogP contribution is 2.11. The highest BCUT2D eigenvalue weighted by atomic mass is 16.5. The van der Waals surface area contributed by atoms with Crippen molar-refractivity contribution in [2.75, 3.05) is 13.3 Å². The number of hydrogen-bond acceptors (Lipinski definition) is 3. The molecule has 0 bridgehead atoms. The molecule has 0 atom stereocenters. The number of esters is 1. The molecule has 1 heterocycles. The smallest absolute Gasteiger partial charge is 0.333 e. The monoisotopic (exact) mass is 267 g/mol. The molecule has 1 aliphatic heterocycles. The molecule has 0 unspecified atom stereocenters. The zero-order valence-corrected chi connectivity index (χ0v) is 12.4. The number of unbranched alkanes of at least 4 members (excludes halogenated alkanes) is 9. The van der Waals surface area contributed by atoms with Gasteiger partial charge in [0, 0.05) is 18.8 Å². The van der Waals surface area contributed by atoms with E-state index >= 15 is 0 Å². The largest absolute Gasteiger partial charge is 0.441 e. The Balaban J connectivity index is 1.81. The number of carbonyl (C=O) groups is 1. The van der Waals surface area contributed by atoms with E-state index in [4.69, 9.17) is 4.74 Å². The maximum absolute atomic E-state index is 10.8. The van der Waals surface area contributed by atoms with E-state index < -0.39 is 0 Å². The molecule has 0 amide bonds. The molecule has 0 N–H and O–H groups in total. The molecule has 3 heteroatoms. The first kappa shape index (κ1) is 16.1. The highest BCUT2D eigenvalue weighted by molar-refractivity contribution is 5.82. The van der Waals surface area contributed by atoms with Gasteiger partial charge in [-0.2, -0.15) is 0 Å². The van der Waals surface area contributed by atoms with E-state index in [1.807, 2.05) is 6.20 Å². The number of carbonyl (C=O) groups excluding carboxylic acids is 1. The lowest BCUT2D eigenvalue weighted by Gasteiger charge is -2.22. The van der Waals surface area contributed by atoms with Crippen molar-refractivity contribution in [2.24, 2.45) is 0 Å². The van der Waals surface area contributed by atoms with Crippen LogP contribution in [-0.4, -0.2) is 24.1 Å². The maximum atomic E-state index is 10.8. The van der Waals surface area contributed by atoms with Gasteiger partial charge in [0.2, 0.25) is 0 Å². The van der Waals surface area contributed by atoms with Crippen LogP contribution in [0.5, 0.6) is 0 Å². The number of cyclic esters (lactones) is 1. The lowest BCUT2D eigenvalue weighted by molar-refractivity contribution is -0.143. The van der Waals surface area contributed by atoms with Gasteiger partial charge in [0.05, 0.1) is 0 Å². The Labute approximate surface area is 118 Å². The Morgan fingerprint density at radius 3 is 2.11 bits per heavy atom. The summed E-state index contributed by atoms with van der Waals surface area (Å²) in [5.74, 6) is -0.223. The van der Waals surface area contributed by atoms with Crippen molar-refractivity contribution in [1.29, 1.82) is 0 Å². The Hall–Kier alpha value is -0.990. The number of hydrogen-bond donors (Lipinski definition) is 0. The second-order valence-corrected chi connectivity index (χ2v) is 5.40. The van der Waals surface area contributed by atoms with Crippen LogP contribution in [0.4, 0.5) is 0 Å². The molecule has 0 aromatic heterocycles. The van der Waals surface area contributed by atoms with Crippen LogP contribution in [0.25, 0.3) is 0 Å². The first-order valence-electron chi connectivity index (χ1n) is 7.92. The summed E-state index contributed by atoms with van der Waals surface area (Å²) < 4.78 is 4.93. The van der Waals surface area contributed by atoms with Crippen LogP contribution in [0, 0.1) is 0 Å². The van der Waals surface area contributed by atoms with Crippen molar-refractivity contribution in [1.82, 2.24) is 4.90 Å². The zero-order valence-electron chi connectivity index (χ0n) is 12.4. The topological polar surface area (TPSA) is 29.5 Å². The molecule has 0 fully saturated rings. The van der Waals surface area contributed by atoms with Gasteiger partial charge < -0.3 is 9.64 Å². The fraction of sp³-hybridized carbons (Fsp3) is 0.812. The Kier molecular flexibility index (Phi) is 9.21. The molecule has 0 radical (unpaired) electrons. The van der Waals surface area contributed by atoms with Crippen molar-refractivity contribution in [2.45, 2.75) is 71.1 Å². The number of rotatable bonds is 11. The quantitative estimate of drug-likeness (QED) is 0.414. The van der Waals surface area contributed by atoms with Gasteiger partial charge >= 0.3 is 5.97 Å². The molecule has 1 aliphatic rings. The van der Waals surface area contributed by atoms with Gasteiger partial charge in [0.25, 0.3) is 0 Å². The standard InChI is InChI=1S/C16H29NO2/c1-2-3-4-5-6-7-8-9-10-11-13-17-14-12-16(18)19-15-17/h12,14H,2-11,13,15H2,1H3. The lowest BCUT2D eigenvalue weighted by atomic mass is 10.1. The highest BCUT2D eigenvalue weighted by Gasteiger charge is 2.08. The SMILES string of the molecule is CCCCCCCCCCCCN1C=CC(=O)OC1. The predicted octanol–water partition coefficient (Wildman–Crippen LogP) is 4.24. The van der Waals surface area contributed by atoms with Crippen LogP contribution in [0.3, 0.4) is 0 Å². The van der Waals surface area contributed by atoms with Gasteiger partial charge in [0.1, 0.15) is 0 Å². The molecule has 1 rings (SSSR count). The Morgan fingerprint density at radius 1 is 1.00 bits per heavy atom. The fourth-order valence-electron chi connectivity index (χ4n) is 2.35. The van der Waals surface area contributed by atoms with Crippen molar-refractivity contribution in [3.8, 4) is 0 Å². The molecule has 0 aromatic carbocycles. The third-order valence-corrected chi connectivity index (χ3v) is 3.59. The first-order valence-corrected chi connectivity index (χ1v) is 7.92. The Morgan fingerprint density at radius 2 is 1.58 bits per heavy atom. The van der Waals surface area contributed by atoms with Crippen molar-refractivity contribution >= 4 is 5.97 Å². The van der Waals surface area contributed by atoms with Crippen LogP contribution >= 0.6 is 0 Å². The zero-order chi connectivity index (χ0) is 13.8. The van der Waals surface area contributed by atoms with E-state index in [-0.39, 0.29) is 5.97 Å². The normalized spacial score (nSPS) is 14.8. The van der Waals surface area contributed by atoms with E-state index in [0.29, 0.717) is 6.73 Å².